The molecule has 0 atom stereocenters. The van der Waals surface area contributed by atoms with E-state index in [1.54, 1.807) is 24.3 Å². The third-order valence-electron chi connectivity index (χ3n) is 7.04. The summed E-state index contributed by atoms with van der Waals surface area (Å²) < 4.78 is 41.0. The van der Waals surface area contributed by atoms with Crippen LogP contribution in [0.2, 0.25) is 0 Å². The highest BCUT2D eigenvalue weighted by Gasteiger charge is 2.27. The lowest BCUT2D eigenvalue weighted by Gasteiger charge is -2.26. The highest BCUT2D eigenvalue weighted by atomic mass is 32.2. The van der Waals surface area contributed by atoms with Crippen LogP contribution in [0.15, 0.2) is 86.0 Å². The molecule has 2 aromatic heterocycles. The first kappa shape index (κ1) is 27.6. The first-order valence-corrected chi connectivity index (χ1v) is 15.9. The number of hydrogen-bond acceptors (Lipinski definition) is 8. The van der Waals surface area contributed by atoms with Gasteiger partial charge >= 0.3 is 5.63 Å². The van der Waals surface area contributed by atoms with Gasteiger partial charge in [0.05, 0.1) is 18.1 Å². The van der Waals surface area contributed by atoms with Crippen molar-refractivity contribution in [3.8, 4) is 11.4 Å². The number of sulfonamides is 1. The molecule has 6 rings (SSSR count). The van der Waals surface area contributed by atoms with E-state index in [-0.39, 0.29) is 10.8 Å². The fraction of sp³-hybridized carbons (Fsp3) is 0.300. The zero-order valence-corrected chi connectivity index (χ0v) is 24.5. The predicted molar refractivity (Wildman–Crippen MR) is 159 cm³/mol. The molecular formula is C30H30N4O5S2. The maximum Gasteiger partial charge on any atom is 0.336 e. The first-order valence-electron chi connectivity index (χ1n) is 13.5. The highest BCUT2D eigenvalue weighted by molar-refractivity contribution is 7.98. The van der Waals surface area contributed by atoms with Crippen LogP contribution in [-0.2, 0) is 27.1 Å². The smallest absolute Gasteiger partial charge is 0.336 e. The quantitative estimate of drug-likeness (QED) is 0.138. The molecular weight excluding hydrogens is 560 g/mol. The van der Waals surface area contributed by atoms with Gasteiger partial charge in [0, 0.05) is 42.4 Å². The number of morpholine rings is 1. The molecule has 212 valence electrons. The summed E-state index contributed by atoms with van der Waals surface area (Å²) in [7, 11) is -3.66. The largest absolute Gasteiger partial charge is 0.423 e. The van der Waals surface area contributed by atoms with Crippen LogP contribution in [0.1, 0.15) is 19.4 Å². The molecule has 9 nitrogen and oxygen atoms in total. The van der Waals surface area contributed by atoms with E-state index in [1.165, 1.54) is 16.1 Å². The minimum absolute atomic E-state index is 0.222. The number of hydrogen-bond donors (Lipinski definition) is 0. The van der Waals surface area contributed by atoms with Crippen LogP contribution in [-0.4, -0.2) is 53.8 Å². The Morgan fingerprint density at radius 3 is 2.59 bits per heavy atom. The third-order valence-corrected chi connectivity index (χ3v) is 9.95. The van der Waals surface area contributed by atoms with E-state index < -0.39 is 15.6 Å². The molecule has 0 unspecified atom stereocenters. The maximum absolute atomic E-state index is 13.3. The van der Waals surface area contributed by atoms with Gasteiger partial charge in [-0.2, -0.15) is 4.31 Å². The zero-order chi connectivity index (χ0) is 28.6. The van der Waals surface area contributed by atoms with Crippen molar-refractivity contribution in [2.45, 2.75) is 36.2 Å². The Hall–Kier alpha value is -3.51. The van der Waals surface area contributed by atoms with Crippen molar-refractivity contribution in [3.05, 3.63) is 82.7 Å². The molecule has 11 heteroatoms. The molecule has 0 bridgehead atoms. The van der Waals surface area contributed by atoms with Gasteiger partial charge in [-0.05, 0) is 40.5 Å². The van der Waals surface area contributed by atoms with E-state index in [1.807, 2.05) is 47.0 Å². The van der Waals surface area contributed by atoms with Gasteiger partial charge in [-0.25, -0.2) is 13.2 Å². The molecule has 1 aliphatic heterocycles. The molecule has 0 aliphatic carbocycles. The van der Waals surface area contributed by atoms with Crippen LogP contribution in [0.5, 0.6) is 0 Å². The maximum atomic E-state index is 13.3. The normalized spacial score (nSPS) is 14.8. The summed E-state index contributed by atoms with van der Waals surface area (Å²) in [5.41, 5.74) is 1.69. The average Bonchev–Trinajstić information content (AvgIpc) is 3.37. The molecule has 41 heavy (non-hydrogen) atoms. The Morgan fingerprint density at radius 1 is 0.976 bits per heavy atom. The SMILES string of the molecule is CC(C)Cn1c(SCc2cc(=O)oc3ccc4ccccc4c23)nnc1-c1cccc(S(=O)(=O)N2CCOCC2)c1. The predicted octanol–water partition coefficient (Wildman–Crippen LogP) is 5.17. The third kappa shape index (κ3) is 5.54. The Morgan fingerprint density at radius 2 is 1.78 bits per heavy atom. The van der Waals surface area contributed by atoms with E-state index in [4.69, 9.17) is 9.15 Å². The summed E-state index contributed by atoms with van der Waals surface area (Å²) in [4.78, 5) is 12.6. The van der Waals surface area contributed by atoms with Gasteiger partial charge in [-0.3, -0.25) is 0 Å². The number of ether oxygens (including phenoxy) is 1. The summed E-state index contributed by atoms with van der Waals surface area (Å²) in [6.07, 6.45) is 0. The van der Waals surface area contributed by atoms with Gasteiger partial charge in [0.2, 0.25) is 10.0 Å². The van der Waals surface area contributed by atoms with Crippen molar-refractivity contribution in [3.63, 3.8) is 0 Å². The molecule has 1 aliphatic rings. The molecule has 3 heterocycles. The van der Waals surface area contributed by atoms with E-state index in [9.17, 15) is 13.2 Å². The van der Waals surface area contributed by atoms with Crippen LogP contribution in [0.25, 0.3) is 33.1 Å². The van der Waals surface area contributed by atoms with Crippen molar-refractivity contribution >= 4 is 43.5 Å². The second kappa shape index (κ2) is 11.4. The zero-order valence-electron chi connectivity index (χ0n) is 22.8. The standard InChI is InChI=1S/C30H30N4O5S2/c1-20(2)18-34-29(22-7-5-8-24(16-22)41(36,37)33-12-14-38-15-13-33)31-32-30(34)40-19-23-17-27(35)39-26-11-10-21-6-3-4-9-25(21)28(23)26/h3-11,16-17,20H,12-15,18-19H2,1-2H3. The molecule has 0 spiro atoms. The number of benzene rings is 3. The van der Waals surface area contributed by atoms with Crippen molar-refractivity contribution in [1.29, 1.82) is 0 Å². The van der Waals surface area contributed by atoms with Crippen molar-refractivity contribution in [2.75, 3.05) is 26.3 Å². The molecule has 0 amide bonds. The molecule has 0 N–H and O–H groups in total. The van der Waals surface area contributed by atoms with Crippen molar-refractivity contribution < 1.29 is 17.6 Å². The molecule has 0 radical (unpaired) electrons. The van der Waals surface area contributed by atoms with Gasteiger partial charge in [-0.1, -0.05) is 68.1 Å². The van der Waals surface area contributed by atoms with Gasteiger partial charge < -0.3 is 13.7 Å². The minimum atomic E-state index is -3.66. The number of aromatic nitrogens is 3. The van der Waals surface area contributed by atoms with E-state index in [0.29, 0.717) is 60.7 Å². The lowest BCUT2D eigenvalue weighted by atomic mass is 10.0. The number of thioether (sulfide) groups is 1. The van der Waals surface area contributed by atoms with Gasteiger partial charge in [0.15, 0.2) is 11.0 Å². The van der Waals surface area contributed by atoms with Crippen LogP contribution in [0.3, 0.4) is 0 Å². The van der Waals surface area contributed by atoms with Crippen molar-refractivity contribution in [1.82, 2.24) is 19.1 Å². The van der Waals surface area contributed by atoms with Gasteiger partial charge in [0.1, 0.15) is 5.58 Å². The summed E-state index contributed by atoms with van der Waals surface area (Å²) in [5, 5.41) is 12.7. The molecule has 0 saturated carbocycles. The lowest BCUT2D eigenvalue weighted by molar-refractivity contribution is 0.0730. The number of fused-ring (bicyclic) bond motifs is 3. The monoisotopic (exact) mass is 590 g/mol. The highest BCUT2D eigenvalue weighted by Crippen LogP contribution is 2.33. The number of nitrogens with zero attached hydrogens (tertiary/aromatic N) is 4. The Kier molecular flexibility index (Phi) is 7.69. The topological polar surface area (TPSA) is 108 Å². The van der Waals surface area contributed by atoms with Gasteiger partial charge in [-0.15, -0.1) is 10.2 Å². The molecule has 1 saturated heterocycles. The summed E-state index contributed by atoms with van der Waals surface area (Å²) in [6.45, 7) is 6.30. The van der Waals surface area contributed by atoms with E-state index >= 15 is 0 Å². The summed E-state index contributed by atoms with van der Waals surface area (Å²) >= 11 is 1.49. The molecule has 1 fully saturated rings. The van der Waals surface area contributed by atoms with Gasteiger partial charge in [0.25, 0.3) is 0 Å². The van der Waals surface area contributed by atoms with Crippen LogP contribution >= 0.6 is 11.8 Å². The average molecular weight is 591 g/mol. The van der Waals surface area contributed by atoms with E-state index in [0.717, 1.165) is 21.7 Å². The second-order valence-corrected chi connectivity index (χ2v) is 13.3. The van der Waals surface area contributed by atoms with Crippen LogP contribution < -0.4 is 5.63 Å². The first-order chi connectivity index (χ1) is 19.8. The van der Waals surface area contributed by atoms with Crippen LogP contribution in [0.4, 0.5) is 0 Å². The summed E-state index contributed by atoms with van der Waals surface area (Å²) in [6, 6.07) is 20.2. The fourth-order valence-electron chi connectivity index (χ4n) is 5.15. The number of rotatable bonds is 8. The second-order valence-electron chi connectivity index (χ2n) is 10.4. The minimum Gasteiger partial charge on any atom is -0.423 e. The Balaban J connectivity index is 1.36. The Bertz CT molecular complexity index is 1890. The lowest BCUT2D eigenvalue weighted by Crippen LogP contribution is -2.40. The molecule has 5 aromatic rings. The summed E-state index contributed by atoms with van der Waals surface area (Å²) in [5.74, 6) is 1.37. The van der Waals surface area contributed by atoms with E-state index in [2.05, 4.69) is 24.0 Å². The Labute approximate surface area is 242 Å². The fourth-order valence-corrected chi connectivity index (χ4v) is 7.53. The van der Waals surface area contributed by atoms with Crippen molar-refractivity contribution in [2.24, 2.45) is 5.92 Å². The van der Waals surface area contributed by atoms with Crippen LogP contribution in [0, 0.1) is 5.92 Å². The molecule has 3 aromatic carbocycles.